The van der Waals surface area contributed by atoms with Gasteiger partial charge in [-0.05, 0) is 25.5 Å². The smallest absolute Gasteiger partial charge is 0.0764 e. The average Bonchev–Trinajstić information content (AvgIpc) is 2.65. The highest BCUT2D eigenvalue weighted by Gasteiger charge is 2.21. The van der Waals surface area contributed by atoms with E-state index in [9.17, 15) is 0 Å². The fourth-order valence-electron chi connectivity index (χ4n) is 2.20. The van der Waals surface area contributed by atoms with Crippen LogP contribution in [0.5, 0.6) is 0 Å². The highest BCUT2D eigenvalue weighted by atomic mass is 79.9. The number of rotatable bonds is 3. The van der Waals surface area contributed by atoms with Gasteiger partial charge in [0.2, 0.25) is 0 Å². The summed E-state index contributed by atoms with van der Waals surface area (Å²) in [5.41, 5.74) is 1.19. The lowest BCUT2D eigenvalue weighted by molar-refractivity contribution is 0.154. The molecule has 2 rings (SSSR count). The molecule has 0 bridgehead atoms. The van der Waals surface area contributed by atoms with Crippen LogP contribution in [0.2, 0.25) is 0 Å². The monoisotopic (exact) mass is 271 g/mol. The Balaban J connectivity index is 1.97. The van der Waals surface area contributed by atoms with Crippen LogP contribution in [0, 0.1) is 0 Å². The van der Waals surface area contributed by atoms with Gasteiger partial charge in [0, 0.05) is 31.2 Å². The van der Waals surface area contributed by atoms with Crippen LogP contribution in [0.3, 0.4) is 0 Å². The van der Waals surface area contributed by atoms with Crippen molar-refractivity contribution in [3.63, 3.8) is 0 Å². The van der Waals surface area contributed by atoms with Crippen LogP contribution in [0.15, 0.2) is 12.3 Å². The van der Waals surface area contributed by atoms with Crippen molar-refractivity contribution < 1.29 is 0 Å². The predicted octanol–water partition coefficient (Wildman–Crippen LogP) is 2.17. The summed E-state index contributed by atoms with van der Waals surface area (Å²) in [6, 6.07) is 2.81. The number of aryl methyl sites for hydroxylation is 1. The number of aromatic nitrogens is 2. The van der Waals surface area contributed by atoms with Gasteiger partial charge in [-0.25, -0.2) is 0 Å². The number of nitrogens with zero attached hydrogens (tertiary/aromatic N) is 3. The molecule has 3 nitrogen and oxygen atoms in total. The first-order valence-corrected chi connectivity index (χ1v) is 6.70. The number of hydrogen-bond acceptors (Lipinski definition) is 2. The first-order chi connectivity index (χ1) is 7.29. The molecule has 2 heterocycles. The van der Waals surface area contributed by atoms with Gasteiger partial charge in [0.15, 0.2) is 0 Å². The zero-order valence-corrected chi connectivity index (χ0v) is 10.8. The van der Waals surface area contributed by atoms with Gasteiger partial charge >= 0.3 is 0 Å². The molecule has 0 aromatic carbocycles. The molecule has 1 aromatic heterocycles. The molecule has 0 radical (unpaired) electrons. The van der Waals surface area contributed by atoms with Crippen molar-refractivity contribution in [1.29, 1.82) is 0 Å². The van der Waals surface area contributed by atoms with E-state index < -0.39 is 0 Å². The van der Waals surface area contributed by atoms with Gasteiger partial charge in [-0.3, -0.25) is 9.58 Å². The van der Waals surface area contributed by atoms with E-state index >= 15 is 0 Å². The zero-order valence-electron chi connectivity index (χ0n) is 9.19. The number of hydrogen-bond donors (Lipinski definition) is 0. The fourth-order valence-corrected chi connectivity index (χ4v) is 2.93. The summed E-state index contributed by atoms with van der Waals surface area (Å²) in [5, 5.41) is 5.52. The summed E-state index contributed by atoms with van der Waals surface area (Å²) in [6.07, 6.45) is 6.03. The van der Waals surface area contributed by atoms with Gasteiger partial charge < -0.3 is 0 Å². The second kappa shape index (κ2) is 5.12. The number of halogens is 1. The van der Waals surface area contributed by atoms with Gasteiger partial charge in [0.1, 0.15) is 0 Å². The van der Waals surface area contributed by atoms with Crippen LogP contribution in [0.4, 0.5) is 0 Å². The van der Waals surface area contributed by atoms with Crippen LogP contribution in [0.25, 0.3) is 0 Å². The van der Waals surface area contributed by atoms with E-state index in [1.54, 1.807) is 0 Å². The van der Waals surface area contributed by atoms with Crippen LogP contribution in [0.1, 0.15) is 25.0 Å². The molecule has 4 heteroatoms. The van der Waals surface area contributed by atoms with Crippen LogP contribution in [-0.2, 0) is 13.6 Å². The van der Waals surface area contributed by atoms with E-state index in [2.05, 4.69) is 32.0 Å². The maximum absolute atomic E-state index is 4.43. The van der Waals surface area contributed by atoms with E-state index in [1.807, 2.05) is 17.9 Å². The van der Waals surface area contributed by atoms with E-state index in [0.717, 1.165) is 11.9 Å². The molecule has 1 fully saturated rings. The van der Waals surface area contributed by atoms with E-state index in [-0.39, 0.29) is 0 Å². The van der Waals surface area contributed by atoms with Crippen molar-refractivity contribution >= 4 is 15.9 Å². The molecule has 0 amide bonds. The molecular weight excluding hydrogens is 254 g/mol. The summed E-state index contributed by atoms with van der Waals surface area (Å²) in [5.74, 6) is 0. The third-order valence-corrected chi connectivity index (χ3v) is 3.81. The molecule has 0 N–H and O–H groups in total. The van der Waals surface area contributed by atoms with Gasteiger partial charge in [0.05, 0.1) is 5.69 Å². The molecule has 0 spiro atoms. The van der Waals surface area contributed by atoms with Crippen molar-refractivity contribution in [3.8, 4) is 0 Å². The second-order valence-corrected chi connectivity index (χ2v) is 4.90. The van der Waals surface area contributed by atoms with Crippen molar-refractivity contribution in [1.82, 2.24) is 14.7 Å². The molecular formula is C11H18BrN3. The summed E-state index contributed by atoms with van der Waals surface area (Å²) in [6.45, 7) is 2.21. The standard InChI is InChI=1S/C11H18BrN3/c1-14-7-5-10(13-14)9-15-6-3-2-4-11(15)8-12/h5,7,11H,2-4,6,8-9H2,1H3. The highest BCUT2D eigenvalue weighted by Crippen LogP contribution is 2.20. The number of piperidine rings is 1. The minimum Gasteiger partial charge on any atom is -0.294 e. The third kappa shape index (κ3) is 2.82. The average molecular weight is 272 g/mol. The summed E-state index contributed by atoms with van der Waals surface area (Å²) < 4.78 is 1.88. The largest absolute Gasteiger partial charge is 0.294 e. The first kappa shape index (κ1) is 11.1. The Hall–Kier alpha value is -0.350. The summed E-state index contributed by atoms with van der Waals surface area (Å²) in [7, 11) is 1.97. The Bertz CT molecular complexity index is 311. The van der Waals surface area contributed by atoms with E-state index in [0.29, 0.717) is 6.04 Å². The molecule has 1 aliphatic heterocycles. The molecule has 1 saturated heterocycles. The molecule has 15 heavy (non-hydrogen) atoms. The van der Waals surface area contributed by atoms with Crippen LogP contribution < -0.4 is 0 Å². The SMILES string of the molecule is Cn1ccc(CN2CCCCC2CBr)n1. The maximum atomic E-state index is 4.43. The lowest BCUT2D eigenvalue weighted by Crippen LogP contribution is -2.40. The predicted molar refractivity (Wildman–Crippen MR) is 65.1 cm³/mol. The lowest BCUT2D eigenvalue weighted by atomic mass is 10.0. The van der Waals surface area contributed by atoms with Crippen molar-refractivity contribution in [2.45, 2.75) is 31.8 Å². The van der Waals surface area contributed by atoms with Crippen molar-refractivity contribution in [2.24, 2.45) is 7.05 Å². The Morgan fingerprint density at radius 3 is 3.07 bits per heavy atom. The summed E-state index contributed by atoms with van der Waals surface area (Å²) in [4.78, 5) is 2.54. The van der Waals surface area contributed by atoms with E-state index in [4.69, 9.17) is 0 Å². The van der Waals surface area contributed by atoms with Gasteiger partial charge in [-0.15, -0.1) is 0 Å². The molecule has 1 aliphatic rings. The molecule has 0 saturated carbocycles. The highest BCUT2D eigenvalue weighted by molar-refractivity contribution is 9.09. The molecule has 1 unspecified atom stereocenters. The summed E-state index contributed by atoms with van der Waals surface area (Å²) >= 11 is 3.60. The normalized spacial score (nSPS) is 23.2. The maximum Gasteiger partial charge on any atom is 0.0764 e. The quantitative estimate of drug-likeness (QED) is 0.786. The van der Waals surface area contributed by atoms with Gasteiger partial charge in [0.25, 0.3) is 0 Å². The number of likely N-dealkylation sites (tertiary alicyclic amines) is 1. The third-order valence-electron chi connectivity index (χ3n) is 3.06. The lowest BCUT2D eigenvalue weighted by Gasteiger charge is -2.34. The Labute approximate surface area is 99.6 Å². The zero-order chi connectivity index (χ0) is 10.7. The number of alkyl halides is 1. The topological polar surface area (TPSA) is 21.1 Å². The molecule has 84 valence electrons. The fraction of sp³-hybridized carbons (Fsp3) is 0.727. The first-order valence-electron chi connectivity index (χ1n) is 5.58. The second-order valence-electron chi connectivity index (χ2n) is 4.26. The van der Waals surface area contributed by atoms with Crippen molar-refractivity contribution in [2.75, 3.05) is 11.9 Å². The van der Waals surface area contributed by atoms with Gasteiger partial charge in [-0.1, -0.05) is 22.4 Å². The Morgan fingerprint density at radius 1 is 1.53 bits per heavy atom. The van der Waals surface area contributed by atoms with E-state index in [1.165, 1.54) is 31.5 Å². The van der Waals surface area contributed by atoms with Crippen molar-refractivity contribution in [3.05, 3.63) is 18.0 Å². The molecule has 1 atom stereocenters. The molecule has 0 aliphatic carbocycles. The molecule has 1 aromatic rings. The minimum atomic E-state index is 0.695. The Kier molecular flexibility index (Phi) is 3.81. The Morgan fingerprint density at radius 2 is 2.40 bits per heavy atom. The van der Waals surface area contributed by atoms with Crippen LogP contribution >= 0.6 is 15.9 Å². The minimum absolute atomic E-state index is 0.695. The van der Waals surface area contributed by atoms with Crippen LogP contribution in [-0.4, -0.2) is 32.6 Å². The van der Waals surface area contributed by atoms with Gasteiger partial charge in [-0.2, -0.15) is 5.10 Å².